The molecule has 7 heteroatoms. The summed E-state index contributed by atoms with van der Waals surface area (Å²) in [5.74, 6) is -0.797. The van der Waals surface area contributed by atoms with Crippen molar-refractivity contribution in [1.82, 2.24) is 8.87 Å². The summed E-state index contributed by atoms with van der Waals surface area (Å²) in [6, 6.07) is 1.09. The van der Waals surface area contributed by atoms with E-state index in [9.17, 15) is 18.3 Å². The third kappa shape index (κ3) is 2.85. The molecule has 1 N–H and O–H groups in total. The molecule has 2 atom stereocenters. The minimum absolute atomic E-state index is 0.00322. The van der Waals surface area contributed by atoms with Crippen LogP contribution in [0, 0.1) is 5.92 Å². The molecule has 1 aromatic rings. The summed E-state index contributed by atoms with van der Waals surface area (Å²) in [7, 11) is -3.64. The molecule has 1 aromatic heterocycles. The van der Waals surface area contributed by atoms with E-state index in [0.717, 1.165) is 6.42 Å². The fourth-order valence-electron chi connectivity index (χ4n) is 2.93. The number of aromatic carboxylic acids is 1. The Labute approximate surface area is 125 Å². The molecular weight excluding hydrogens is 292 g/mol. The maximum atomic E-state index is 12.7. The molecule has 2 heterocycles. The number of nitrogens with zero attached hydrogens (tertiary/aromatic N) is 2. The van der Waals surface area contributed by atoms with Crippen LogP contribution >= 0.6 is 0 Å². The lowest BCUT2D eigenvalue weighted by atomic mass is 10.1. The van der Waals surface area contributed by atoms with Gasteiger partial charge in [0, 0.05) is 24.8 Å². The summed E-state index contributed by atoms with van der Waals surface area (Å²) < 4.78 is 28.4. The van der Waals surface area contributed by atoms with Crippen molar-refractivity contribution in [2.45, 2.75) is 51.1 Å². The van der Waals surface area contributed by atoms with Crippen molar-refractivity contribution < 1.29 is 18.3 Å². The number of rotatable bonds is 4. The number of carbonyl (C=O) groups is 1. The molecule has 2 rings (SSSR count). The first kappa shape index (κ1) is 16.0. The zero-order valence-corrected chi connectivity index (χ0v) is 13.6. The van der Waals surface area contributed by atoms with Gasteiger partial charge in [0.1, 0.15) is 10.6 Å². The Balaban J connectivity index is 2.46. The minimum atomic E-state index is -3.64. The number of sulfonamides is 1. The third-order valence-electron chi connectivity index (χ3n) is 3.93. The average Bonchev–Trinajstić information content (AvgIpc) is 2.93. The lowest BCUT2D eigenvalue weighted by Gasteiger charge is -2.20. The zero-order chi connectivity index (χ0) is 15.9. The van der Waals surface area contributed by atoms with Crippen LogP contribution in [0.1, 0.15) is 50.6 Å². The summed E-state index contributed by atoms with van der Waals surface area (Å²) in [6.07, 6.45) is 2.26. The predicted molar refractivity (Wildman–Crippen MR) is 78.9 cm³/mol. The van der Waals surface area contributed by atoms with Crippen LogP contribution in [0.2, 0.25) is 0 Å². The summed E-state index contributed by atoms with van der Waals surface area (Å²) in [5.41, 5.74) is 0.00322. The standard InChI is InChI=1S/C14H22N2O4S/c1-9(2)15-8-12(6-13(15)14(17)18)21(19,20)16-7-10(3)5-11(16)4/h6,8-11H,5,7H2,1-4H3,(H,17,18). The number of carboxylic acids is 1. The molecule has 1 aliphatic heterocycles. The quantitative estimate of drug-likeness (QED) is 0.924. The number of hydrogen-bond donors (Lipinski definition) is 1. The van der Waals surface area contributed by atoms with Gasteiger partial charge in [-0.3, -0.25) is 0 Å². The molecule has 1 aliphatic rings. The van der Waals surface area contributed by atoms with Crippen molar-refractivity contribution in [3.8, 4) is 0 Å². The molecule has 2 unspecified atom stereocenters. The fraction of sp³-hybridized carbons (Fsp3) is 0.643. The van der Waals surface area contributed by atoms with E-state index in [1.807, 2.05) is 27.7 Å². The molecule has 21 heavy (non-hydrogen) atoms. The second-order valence-electron chi connectivity index (χ2n) is 6.13. The van der Waals surface area contributed by atoms with Crippen LogP contribution in [-0.4, -0.2) is 41.0 Å². The maximum absolute atomic E-state index is 12.7. The highest BCUT2D eigenvalue weighted by Crippen LogP contribution is 2.30. The van der Waals surface area contributed by atoms with Gasteiger partial charge >= 0.3 is 5.97 Å². The Bertz CT molecular complexity index is 648. The van der Waals surface area contributed by atoms with E-state index in [4.69, 9.17) is 0 Å². The van der Waals surface area contributed by atoms with Crippen molar-refractivity contribution in [2.24, 2.45) is 5.92 Å². The van der Waals surface area contributed by atoms with Crippen LogP contribution in [0.5, 0.6) is 0 Å². The Hall–Kier alpha value is -1.34. The van der Waals surface area contributed by atoms with Gasteiger partial charge in [-0.05, 0) is 39.2 Å². The average molecular weight is 314 g/mol. The van der Waals surface area contributed by atoms with Gasteiger partial charge in [0.2, 0.25) is 10.0 Å². The van der Waals surface area contributed by atoms with Gasteiger partial charge < -0.3 is 9.67 Å². The van der Waals surface area contributed by atoms with Gasteiger partial charge in [0.25, 0.3) is 0 Å². The van der Waals surface area contributed by atoms with Gasteiger partial charge in [0.05, 0.1) is 0 Å². The molecule has 0 aromatic carbocycles. The van der Waals surface area contributed by atoms with Crippen LogP contribution < -0.4 is 0 Å². The molecule has 1 saturated heterocycles. The van der Waals surface area contributed by atoms with Crippen molar-refractivity contribution in [1.29, 1.82) is 0 Å². The minimum Gasteiger partial charge on any atom is -0.477 e. The monoisotopic (exact) mass is 314 g/mol. The molecule has 1 fully saturated rings. The SMILES string of the molecule is CC1CC(C)N(S(=O)(=O)c2cc(C(=O)O)n(C(C)C)c2)C1. The maximum Gasteiger partial charge on any atom is 0.352 e. The first-order valence-corrected chi connectivity index (χ1v) is 8.55. The number of aromatic nitrogens is 1. The second-order valence-corrected chi connectivity index (χ2v) is 8.02. The second kappa shape index (κ2) is 5.46. The Morgan fingerprint density at radius 2 is 2.00 bits per heavy atom. The van der Waals surface area contributed by atoms with Crippen LogP contribution in [-0.2, 0) is 10.0 Å². The van der Waals surface area contributed by atoms with Crippen molar-refractivity contribution in [3.05, 3.63) is 18.0 Å². The van der Waals surface area contributed by atoms with Gasteiger partial charge in [-0.2, -0.15) is 4.31 Å². The predicted octanol–water partition coefficient (Wildman–Crippen LogP) is 2.19. The first-order valence-electron chi connectivity index (χ1n) is 7.11. The lowest BCUT2D eigenvalue weighted by Crippen LogP contribution is -2.33. The Morgan fingerprint density at radius 1 is 1.38 bits per heavy atom. The molecule has 0 aliphatic carbocycles. The Kier molecular flexibility index (Phi) is 4.17. The molecule has 0 spiro atoms. The molecule has 0 amide bonds. The van der Waals surface area contributed by atoms with E-state index in [-0.39, 0.29) is 22.7 Å². The summed E-state index contributed by atoms with van der Waals surface area (Å²) >= 11 is 0. The molecule has 6 nitrogen and oxygen atoms in total. The van der Waals surface area contributed by atoms with Crippen molar-refractivity contribution >= 4 is 16.0 Å². The van der Waals surface area contributed by atoms with E-state index < -0.39 is 16.0 Å². The molecular formula is C14H22N2O4S. The van der Waals surface area contributed by atoms with E-state index in [1.165, 1.54) is 21.1 Å². The number of carboxylic acid groups (broad SMARTS) is 1. The normalized spacial score (nSPS) is 23.9. The van der Waals surface area contributed by atoms with Gasteiger partial charge in [-0.15, -0.1) is 0 Å². The van der Waals surface area contributed by atoms with E-state index in [2.05, 4.69) is 0 Å². The topological polar surface area (TPSA) is 79.6 Å². The van der Waals surface area contributed by atoms with Gasteiger partial charge in [0.15, 0.2) is 0 Å². The summed E-state index contributed by atoms with van der Waals surface area (Å²) in [4.78, 5) is 11.3. The van der Waals surface area contributed by atoms with Gasteiger partial charge in [-0.25, -0.2) is 13.2 Å². The highest BCUT2D eigenvalue weighted by atomic mass is 32.2. The van der Waals surface area contributed by atoms with E-state index >= 15 is 0 Å². The van der Waals surface area contributed by atoms with Crippen molar-refractivity contribution in [2.75, 3.05) is 6.54 Å². The smallest absolute Gasteiger partial charge is 0.352 e. The summed E-state index contributed by atoms with van der Waals surface area (Å²) in [6.45, 7) is 8.04. The molecule has 0 bridgehead atoms. The van der Waals surface area contributed by atoms with Crippen LogP contribution in [0.4, 0.5) is 0 Å². The van der Waals surface area contributed by atoms with E-state index in [0.29, 0.717) is 12.5 Å². The van der Waals surface area contributed by atoms with Crippen LogP contribution in [0.3, 0.4) is 0 Å². The number of hydrogen-bond acceptors (Lipinski definition) is 3. The molecule has 0 saturated carbocycles. The van der Waals surface area contributed by atoms with Crippen LogP contribution in [0.15, 0.2) is 17.2 Å². The fourth-order valence-corrected chi connectivity index (χ4v) is 4.71. The Morgan fingerprint density at radius 3 is 2.38 bits per heavy atom. The molecule has 118 valence electrons. The molecule has 0 radical (unpaired) electrons. The van der Waals surface area contributed by atoms with E-state index in [1.54, 1.807) is 0 Å². The highest BCUT2D eigenvalue weighted by molar-refractivity contribution is 7.89. The lowest BCUT2D eigenvalue weighted by molar-refractivity contribution is 0.0683. The van der Waals surface area contributed by atoms with Crippen LogP contribution in [0.25, 0.3) is 0 Å². The third-order valence-corrected chi connectivity index (χ3v) is 5.88. The van der Waals surface area contributed by atoms with Gasteiger partial charge in [-0.1, -0.05) is 6.92 Å². The zero-order valence-electron chi connectivity index (χ0n) is 12.8. The summed E-state index contributed by atoms with van der Waals surface area (Å²) in [5, 5.41) is 9.22. The first-order chi connectivity index (χ1) is 9.64. The largest absolute Gasteiger partial charge is 0.477 e. The van der Waals surface area contributed by atoms with Crippen molar-refractivity contribution in [3.63, 3.8) is 0 Å². The highest BCUT2D eigenvalue weighted by Gasteiger charge is 2.37.